The average molecular weight is 283 g/mol. The molecule has 1 heterocycles. The van der Waals surface area contributed by atoms with E-state index in [-0.39, 0.29) is 24.5 Å². The minimum Gasteiger partial charge on any atom is -0.469 e. The van der Waals surface area contributed by atoms with Gasteiger partial charge in [0.2, 0.25) is 5.91 Å². The minimum absolute atomic E-state index is 0.0288. The fourth-order valence-corrected chi connectivity index (χ4v) is 2.77. The molecule has 1 aromatic heterocycles. The molecular formula is C13H17NO4S. The van der Waals surface area contributed by atoms with Crippen LogP contribution in [0.3, 0.4) is 0 Å². The molecule has 0 saturated heterocycles. The van der Waals surface area contributed by atoms with Crippen LogP contribution in [0.5, 0.6) is 0 Å². The molecule has 1 N–H and O–H groups in total. The molecule has 0 unspecified atom stereocenters. The monoisotopic (exact) mass is 283 g/mol. The molecule has 1 aromatic rings. The molecule has 0 atom stereocenters. The quantitative estimate of drug-likeness (QED) is 0.665. The number of carbonyl (C=O) groups is 3. The Balaban J connectivity index is 2.77. The maximum Gasteiger partial charge on any atom is 0.306 e. The number of methoxy groups -OCH3 is 1. The van der Waals surface area contributed by atoms with Crippen LogP contribution < -0.4 is 5.32 Å². The molecule has 0 radical (unpaired) electrons. The summed E-state index contributed by atoms with van der Waals surface area (Å²) in [7, 11) is 1.28. The van der Waals surface area contributed by atoms with E-state index in [4.69, 9.17) is 0 Å². The molecule has 0 aliphatic rings. The lowest BCUT2D eigenvalue weighted by Gasteiger charge is -2.04. The van der Waals surface area contributed by atoms with Gasteiger partial charge in [-0.1, -0.05) is 0 Å². The molecule has 5 nitrogen and oxygen atoms in total. The zero-order chi connectivity index (χ0) is 14.6. The predicted octanol–water partition coefficient (Wildman–Crippen LogP) is 2.46. The summed E-state index contributed by atoms with van der Waals surface area (Å²) >= 11 is 1.37. The van der Waals surface area contributed by atoms with Crippen molar-refractivity contribution in [3.8, 4) is 0 Å². The van der Waals surface area contributed by atoms with E-state index in [0.29, 0.717) is 10.6 Å². The maximum atomic E-state index is 11.7. The molecule has 6 heteroatoms. The lowest BCUT2D eigenvalue weighted by molar-refractivity contribution is -0.141. The Labute approximate surface area is 116 Å². The molecule has 0 spiro atoms. The van der Waals surface area contributed by atoms with E-state index in [2.05, 4.69) is 10.1 Å². The molecule has 1 amide bonds. The molecule has 0 bridgehead atoms. The lowest BCUT2D eigenvalue weighted by Crippen LogP contribution is -2.14. The van der Waals surface area contributed by atoms with E-state index in [9.17, 15) is 14.4 Å². The Hall–Kier alpha value is -1.69. The summed E-state index contributed by atoms with van der Waals surface area (Å²) in [6, 6.07) is 0. The number of hydrogen-bond acceptors (Lipinski definition) is 5. The Bertz CT molecular complexity index is 519. The third-order valence-corrected chi connectivity index (χ3v) is 3.90. The van der Waals surface area contributed by atoms with Crippen molar-refractivity contribution >= 4 is 34.0 Å². The van der Waals surface area contributed by atoms with Crippen LogP contribution in [0.2, 0.25) is 0 Å². The summed E-state index contributed by atoms with van der Waals surface area (Å²) in [5.74, 6) is -0.806. The van der Waals surface area contributed by atoms with E-state index >= 15 is 0 Å². The fraction of sp³-hybridized carbons (Fsp3) is 0.462. The topological polar surface area (TPSA) is 72.5 Å². The van der Waals surface area contributed by atoms with Crippen molar-refractivity contribution < 1.29 is 19.1 Å². The molecule has 19 heavy (non-hydrogen) atoms. The molecule has 0 aromatic carbocycles. The normalized spacial score (nSPS) is 10.1. The average Bonchev–Trinajstić information content (AvgIpc) is 2.61. The first kappa shape index (κ1) is 15.4. The Morgan fingerprint density at radius 2 is 1.84 bits per heavy atom. The van der Waals surface area contributed by atoms with Gasteiger partial charge in [-0.2, -0.15) is 0 Å². The number of carbonyl (C=O) groups excluding carboxylic acids is 3. The SMILES string of the molecule is COC(=O)CCC(=O)Nc1sc(C)c(C)c1C(C)=O. The van der Waals surface area contributed by atoms with Crippen LogP contribution in [-0.4, -0.2) is 24.8 Å². The van der Waals surface area contributed by atoms with Gasteiger partial charge in [-0.3, -0.25) is 14.4 Å². The van der Waals surface area contributed by atoms with E-state index in [1.54, 1.807) is 0 Å². The molecule has 0 fully saturated rings. The van der Waals surface area contributed by atoms with Crippen molar-refractivity contribution in [3.63, 3.8) is 0 Å². The first-order chi connectivity index (χ1) is 8.86. The van der Waals surface area contributed by atoms with E-state index in [0.717, 1.165) is 10.4 Å². The summed E-state index contributed by atoms with van der Waals surface area (Å²) in [6.07, 6.45) is 0.0705. The standard InChI is InChI=1S/C13H17NO4S/c1-7-9(3)19-13(12(7)8(2)15)14-10(16)5-6-11(17)18-4/h5-6H2,1-4H3,(H,14,16). The molecular weight excluding hydrogens is 266 g/mol. The fourth-order valence-electron chi connectivity index (χ4n) is 1.65. The zero-order valence-electron chi connectivity index (χ0n) is 11.5. The number of rotatable bonds is 5. The number of ether oxygens (including phenoxy) is 1. The van der Waals surface area contributed by atoms with Gasteiger partial charge in [0, 0.05) is 11.3 Å². The largest absolute Gasteiger partial charge is 0.469 e. The molecule has 0 aliphatic carbocycles. The van der Waals surface area contributed by atoms with Gasteiger partial charge in [0.15, 0.2) is 5.78 Å². The second kappa shape index (κ2) is 6.47. The van der Waals surface area contributed by atoms with E-state index in [1.807, 2.05) is 13.8 Å². The Kier molecular flexibility index (Phi) is 5.23. The summed E-state index contributed by atoms with van der Waals surface area (Å²) in [5, 5.41) is 3.24. The van der Waals surface area contributed by atoms with Gasteiger partial charge in [0.05, 0.1) is 19.1 Å². The third kappa shape index (κ3) is 3.89. The van der Waals surface area contributed by atoms with Crippen LogP contribution in [0.15, 0.2) is 0 Å². The number of amides is 1. The highest BCUT2D eigenvalue weighted by Crippen LogP contribution is 2.32. The van der Waals surface area contributed by atoms with Gasteiger partial charge in [0.25, 0.3) is 0 Å². The summed E-state index contributed by atoms with van der Waals surface area (Å²) < 4.78 is 4.47. The Morgan fingerprint density at radius 1 is 1.21 bits per heavy atom. The number of aryl methyl sites for hydroxylation is 1. The molecule has 0 aliphatic heterocycles. The van der Waals surface area contributed by atoms with Gasteiger partial charge < -0.3 is 10.1 Å². The molecule has 1 rings (SSSR count). The van der Waals surface area contributed by atoms with Gasteiger partial charge >= 0.3 is 5.97 Å². The molecule has 104 valence electrons. The Morgan fingerprint density at radius 3 is 2.37 bits per heavy atom. The van der Waals surface area contributed by atoms with Crippen LogP contribution in [-0.2, 0) is 14.3 Å². The van der Waals surface area contributed by atoms with Crippen molar-refractivity contribution in [2.75, 3.05) is 12.4 Å². The molecule has 0 saturated carbocycles. The van der Waals surface area contributed by atoms with E-state index < -0.39 is 5.97 Å². The van der Waals surface area contributed by atoms with Crippen LogP contribution in [0.25, 0.3) is 0 Å². The number of nitrogens with one attached hydrogen (secondary N) is 1. The van der Waals surface area contributed by atoms with E-state index in [1.165, 1.54) is 25.4 Å². The second-order valence-corrected chi connectivity index (χ2v) is 5.39. The summed E-state index contributed by atoms with van der Waals surface area (Å²) in [5.41, 5.74) is 1.44. The second-order valence-electron chi connectivity index (χ2n) is 4.17. The van der Waals surface area contributed by atoms with Crippen molar-refractivity contribution in [3.05, 3.63) is 16.0 Å². The van der Waals surface area contributed by atoms with Gasteiger partial charge in [-0.05, 0) is 26.3 Å². The number of ketones is 1. The predicted molar refractivity (Wildman–Crippen MR) is 73.7 cm³/mol. The number of anilines is 1. The lowest BCUT2D eigenvalue weighted by atomic mass is 10.1. The van der Waals surface area contributed by atoms with Gasteiger partial charge in [-0.15, -0.1) is 11.3 Å². The highest BCUT2D eigenvalue weighted by molar-refractivity contribution is 7.16. The first-order valence-electron chi connectivity index (χ1n) is 5.84. The number of thiophene rings is 1. The van der Waals surface area contributed by atoms with Crippen molar-refractivity contribution in [2.45, 2.75) is 33.6 Å². The summed E-state index contributed by atoms with van der Waals surface area (Å²) in [4.78, 5) is 35.2. The highest BCUT2D eigenvalue weighted by atomic mass is 32.1. The van der Waals surface area contributed by atoms with Gasteiger partial charge in [-0.25, -0.2) is 0 Å². The maximum absolute atomic E-state index is 11.7. The highest BCUT2D eigenvalue weighted by Gasteiger charge is 2.18. The smallest absolute Gasteiger partial charge is 0.306 e. The minimum atomic E-state index is -0.430. The van der Waals surface area contributed by atoms with Crippen molar-refractivity contribution in [2.24, 2.45) is 0 Å². The van der Waals surface area contributed by atoms with Crippen molar-refractivity contribution in [1.82, 2.24) is 0 Å². The van der Waals surface area contributed by atoms with Crippen LogP contribution in [0.1, 0.15) is 40.6 Å². The third-order valence-electron chi connectivity index (χ3n) is 2.77. The van der Waals surface area contributed by atoms with Crippen LogP contribution >= 0.6 is 11.3 Å². The summed E-state index contributed by atoms with van der Waals surface area (Å²) in [6.45, 7) is 5.22. The van der Waals surface area contributed by atoms with Crippen LogP contribution in [0.4, 0.5) is 5.00 Å². The zero-order valence-corrected chi connectivity index (χ0v) is 12.3. The number of hydrogen-bond donors (Lipinski definition) is 1. The van der Waals surface area contributed by atoms with Crippen LogP contribution in [0, 0.1) is 13.8 Å². The number of Topliss-reactive ketones (excluding diaryl/α,β-unsaturated/α-hetero) is 1. The van der Waals surface area contributed by atoms with Gasteiger partial charge in [0.1, 0.15) is 5.00 Å². The first-order valence-corrected chi connectivity index (χ1v) is 6.66. The van der Waals surface area contributed by atoms with Crippen molar-refractivity contribution in [1.29, 1.82) is 0 Å². The number of esters is 1.